The first-order chi connectivity index (χ1) is 14.2. The Labute approximate surface area is 167 Å². The molecule has 0 bridgehead atoms. The van der Waals surface area contributed by atoms with Crippen LogP contribution in [-0.2, 0) is 6.42 Å². The number of rotatable bonds is 7. The Bertz CT molecular complexity index is 1140. The van der Waals surface area contributed by atoms with Gasteiger partial charge in [0.2, 0.25) is 0 Å². The van der Waals surface area contributed by atoms with E-state index in [-0.39, 0.29) is 11.8 Å². The number of anilines is 1. The zero-order valence-corrected chi connectivity index (χ0v) is 15.8. The monoisotopic (exact) mass is 391 g/mol. The Morgan fingerprint density at radius 3 is 2.79 bits per heavy atom. The standard InChI is InChI=1S/C22H22FN5O/c23-17-6-7-18-16(14-27-20(18)13-17)9-10-25-22(29)26-12-11-24-21-8-5-15-3-1-2-4-19(15)28-21/h1-8,13-14,27H,9-12H2,(H,24,28)(H2,25,26,29). The van der Waals surface area contributed by atoms with E-state index in [0.29, 0.717) is 26.1 Å². The number of carbonyl (C=O) groups is 1. The molecule has 2 heterocycles. The quantitative estimate of drug-likeness (QED) is 0.362. The molecule has 2 aromatic heterocycles. The summed E-state index contributed by atoms with van der Waals surface area (Å²) in [7, 11) is 0. The van der Waals surface area contributed by atoms with Crippen LogP contribution < -0.4 is 16.0 Å². The number of para-hydroxylation sites is 1. The summed E-state index contributed by atoms with van der Waals surface area (Å²) in [4.78, 5) is 19.5. The van der Waals surface area contributed by atoms with Crippen molar-refractivity contribution in [3.8, 4) is 0 Å². The third kappa shape index (κ3) is 4.63. The summed E-state index contributed by atoms with van der Waals surface area (Å²) in [5, 5.41) is 10.9. The number of amides is 2. The number of aromatic nitrogens is 2. The summed E-state index contributed by atoms with van der Waals surface area (Å²) in [6.45, 7) is 1.55. The van der Waals surface area contributed by atoms with Crippen molar-refractivity contribution in [2.45, 2.75) is 6.42 Å². The minimum Gasteiger partial charge on any atom is -0.368 e. The number of benzene rings is 2. The average Bonchev–Trinajstić information content (AvgIpc) is 3.13. The number of H-pyrrole nitrogens is 1. The number of nitrogens with zero attached hydrogens (tertiary/aromatic N) is 1. The highest BCUT2D eigenvalue weighted by Gasteiger charge is 2.06. The van der Waals surface area contributed by atoms with E-state index in [1.165, 1.54) is 12.1 Å². The molecule has 2 aromatic carbocycles. The number of hydrogen-bond donors (Lipinski definition) is 4. The summed E-state index contributed by atoms with van der Waals surface area (Å²) in [6.07, 6.45) is 2.52. The highest BCUT2D eigenvalue weighted by Crippen LogP contribution is 2.19. The molecule has 4 aromatic rings. The van der Waals surface area contributed by atoms with E-state index in [4.69, 9.17) is 0 Å². The van der Waals surface area contributed by atoms with Crippen molar-refractivity contribution in [3.05, 3.63) is 72.2 Å². The van der Waals surface area contributed by atoms with Crippen LogP contribution in [0.3, 0.4) is 0 Å². The van der Waals surface area contributed by atoms with Crippen LogP contribution in [0, 0.1) is 5.82 Å². The number of carbonyl (C=O) groups excluding carboxylic acids is 1. The maximum absolute atomic E-state index is 13.2. The summed E-state index contributed by atoms with van der Waals surface area (Å²) in [6, 6.07) is 16.3. The second-order valence-electron chi connectivity index (χ2n) is 6.75. The van der Waals surface area contributed by atoms with Crippen molar-refractivity contribution in [2.24, 2.45) is 0 Å². The molecule has 148 valence electrons. The Hall–Kier alpha value is -3.61. The van der Waals surface area contributed by atoms with E-state index in [9.17, 15) is 9.18 Å². The van der Waals surface area contributed by atoms with Crippen LogP contribution in [0.1, 0.15) is 5.56 Å². The van der Waals surface area contributed by atoms with Crippen LogP contribution in [0.5, 0.6) is 0 Å². The summed E-state index contributed by atoms with van der Waals surface area (Å²) in [5.41, 5.74) is 2.74. The molecule has 0 fully saturated rings. The van der Waals surface area contributed by atoms with E-state index in [1.807, 2.05) is 42.6 Å². The number of hydrogen-bond acceptors (Lipinski definition) is 3. The van der Waals surface area contributed by atoms with Gasteiger partial charge in [-0.2, -0.15) is 0 Å². The molecule has 0 aliphatic carbocycles. The average molecular weight is 391 g/mol. The van der Waals surface area contributed by atoms with Crippen molar-refractivity contribution >= 4 is 33.7 Å². The molecule has 4 N–H and O–H groups in total. The molecule has 0 radical (unpaired) electrons. The van der Waals surface area contributed by atoms with Crippen molar-refractivity contribution in [2.75, 3.05) is 25.0 Å². The van der Waals surface area contributed by atoms with Gasteiger partial charge in [-0.1, -0.05) is 18.2 Å². The van der Waals surface area contributed by atoms with Crippen molar-refractivity contribution in [1.29, 1.82) is 0 Å². The summed E-state index contributed by atoms with van der Waals surface area (Å²) in [5.74, 6) is 0.512. The molecule has 7 heteroatoms. The molecule has 0 aliphatic rings. The van der Waals surface area contributed by atoms with Crippen LogP contribution in [0.25, 0.3) is 21.8 Å². The van der Waals surface area contributed by atoms with Gasteiger partial charge < -0.3 is 20.9 Å². The fraction of sp³-hybridized carbons (Fsp3) is 0.182. The highest BCUT2D eigenvalue weighted by atomic mass is 19.1. The van der Waals surface area contributed by atoms with Gasteiger partial charge in [-0.3, -0.25) is 0 Å². The van der Waals surface area contributed by atoms with Gasteiger partial charge in [-0.15, -0.1) is 0 Å². The molecular formula is C22H22FN5O. The summed E-state index contributed by atoms with van der Waals surface area (Å²) >= 11 is 0. The van der Waals surface area contributed by atoms with Crippen molar-refractivity contribution < 1.29 is 9.18 Å². The largest absolute Gasteiger partial charge is 0.368 e. The van der Waals surface area contributed by atoms with E-state index in [1.54, 1.807) is 6.07 Å². The Balaban J connectivity index is 1.18. The molecule has 0 aliphatic heterocycles. The zero-order chi connectivity index (χ0) is 20.1. The topological polar surface area (TPSA) is 81.8 Å². The molecular weight excluding hydrogens is 369 g/mol. The zero-order valence-electron chi connectivity index (χ0n) is 15.8. The van der Waals surface area contributed by atoms with Gasteiger partial charge in [0.05, 0.1) is 5.52 Å². The first kappa shape index (κ1) is 18.7. The lowest BCUT2D eigenvalue weighted by Crippen LogP contribution is -2.38. The van der Waals surface area contributed by atoms with Gasteiger partial charge in [0.25, 0.3) is 0 Å². The molecule has 0 saturated carbocycles. The van der Waals surface area contributed by atoms with Crippen LogP contribution in [0.4, 0.5) is 15.0 Å². The second kappa shape index (κ2) is 8.60. The van der Waals surface area contributed by atoms with Gasteiger partial charge in [0, 0.05) is 42.1 Å². The fourth-order valence-corrected chi connectivity index (χ4v) is 3.27. The van der Waals surface area contributed by atoms with E-state index in [2.05, 4.69) is 25.9 Å². The molecule has 0 spiro atoms. The van der Waals surface area contributed by atoms with E-state index >= 15 is 0 Å². The lowest BCUT2D eigenvalue weighted by molar-refractivity contribution is 0.241. The molecule has 0 atom stereocenters. The maximum Gasteiger partial charge on any atom is 0.314 e. The highest BCUT2D eigenvalue weighted by molar-refractivity contribution is 5.83. The van der Waals surface area contributed by atoms with Gasteiger partial charge in [-0.25, -0.2) is 14.2 Å². The third-order valence-electron chi connectivity index (χ3n) is 4.72. The maximum atomic E-state index is 13.2. The number of nitrogens with one attached hydrogen (secondary N) is 4. The van der Waals surface area contributed by atoms with Crippen molar-refractivity contribution in [3.63, 3.8) is 0 Å². The van der Waals surface area contributed by atoms with Gasteiger partial charge >= 0.3 is 6.03 Å². The molecule has 2 amide bonds. The normalized spacial score (nSPS) is 10.9. The minimum atomic E-state index is -0.268. The lowest BCUT2D eigenvalue weighted by Gasteiger charge is -2.09. The minimum absolute atomic E-state index is 0.218. The summed E-state index contributed by atoms with van der Waals surface area (Å²) < 4.78 is 13.2. The van der Waals surface area contributed by atoms with Crippen LogP contribution in [0.15, 0.2) is 60.8 Å². The first-order valence-electron chi connectivity index (χ1n) is 9.56. The molecule has 29 heavy (non-hydrogen) atoms. The number of fused-ring (bicyclic) bond motifs is 2. The lowest BCUT2D eigenvalue weighted by atomic mass is 10.1. The molecule has 6 nitrogen and oxygen atoms in total. The molecule has 0 unspecified atom stereocenters. The Kier molecular flexibility index (Phi) is 5.56. The molecule has 4 rings (SSSR count). The molecule has 0 saturated heterocycles. The third-order valence-corrected chi connectivity index (χ3v) is 4.72. The number of halogens is 1. The van der Waals surface area contributed by atoms with Crippen LogP contribution in [-0.4, -0.2) is 35.6 Å². The van der Waals surface area contributed by atoms with Crippen molar-refractivity contribution in [1.82, 2.24) is 20.6 Å². The Morgan fingerprint density at radius 2 is 1.86 bits per heavy atom. The first-order valence-corrected chi connectivity index (χ1v) is 9.56. The fourth-order valence-electron chi connectivity index (χ4n) is 3.27. The number of aromatic amines is 1. The smallest absolute Gasteiger partial charge is 0.314 e. The Morgan fingerprint density at radius 1 is 1.00 bits per heavy atom. The number of urea groups is 1. The number of pyridine rings is 1. The predicted molar refractivity (Wildman–Crippen MR) is 114 cm³/mol. The van der Waals surface area contributed by atoms with E-state index in [0.717, 1.165) is 33.2 Å². The van der Waals surface area contributed by atoms with Gasteiger partial charge in [0.1, 0.15) is 11.6 Å². The van der Waals surface area contributed by atoms with Gasteiger partial charge in [0.15, 0.2) is 0 Å². The van der Waals surface area contributed by atoms with Crippen LogP contribution in [0.2, 0.25) is 0 Å². The second-order valence-corrected chi connectivity index (χ2v) is 6.75. The predicted octanol–water partition coefficient (Wildman–Crippen LogP) is 3.81. The van der Waals surface area contributed by atoms with E-state index < -0.39 is 0 Å². The van der Waals surface area contributed by atoms with Crippen LogP contribution >= 0.6 is 0 Å². The SMILES string of the molecule is O=C(NCCNc1ccc2ccccc2n1)NCCc1c[nH]c2cc(F)ccc12. The van der Waals surface area contributed by atoms with Gasteiger partial charge in [-0.05, 0) is 48.4 Å².